The van der Waals surface area contributed by atoms with E-state index in [2.05, 4.69) is 22.4 Å². The summed E-state index contributed by atoms with van der Waals surface area (Å²) in [5, 5.41) is 12.5. The van der Waals surface area contributed by atoms with Crippen LogP contribution in [0.15, 0.2) is 36.5 Å². The van der Waals surface area contributed by atoms with Crippen LogP contribution in [-0.4, -0.2) is 27.8 Å². The van der Waals surface area contributed by atoms with Gasteiger partial charge in [-0.2, -0.15) is 0 Å². The van der Waals surface area contributed by atoms with Gasteiger partial charge in [-0.3, -0.25) is 4.40 Å². The topological polar surface area (TPSA) is 60.7 Å². The van der Waals surface area contributed by atoms with Crippen molar-refractivity contribution in [2.75, 3.05) is 7.11 Å². The van der Waals surface area contributed by atoms with E-state index in [4.69, 9.17) is 21.1 Å². The second kappa shape index (κ2) is 7.93. The standard InChI is InChI=1S/C19H23ClN4O2/c1-12(2)26-18-15(20)9-14(10-16(18)25-4)11-21-13(3)19-23-22-17-7-5-6-8-24(17)19/h5-10,12-13,21H,11H2,1-4H3/t13-/m1/s1. The highest BCUT2D eigenvalue weighted by atomic mass is 35.5. The summed E-state index contributed by atoms with van der Waals surface area (Å²) >= 11 is 6.39. The average Bonchev–Trinajstić information content (AvgIpc) is 3.05. The molecule has 1 aromatic carbocycles. The molecule has 6 nitrogen and oxygen atoms in total. The zero-order chi connectivity index (χ0) is 18.7. The number of halogens is 1. The summed E-state index contributed by atoms with van der Waals surface area (Å²) < 4.78 is 13.2. The monoisotopic (exact) mass is 374 g/mol. The van der Waals surface area contributed by atoms with Gasteiger partial charge in [0.1, 0.15) is 0 Å². The second-order valence-corrected chi connectivity index (χ2v) is 6.77. The van der Waals surface area contributed by atoms with E-state index in [9.17, 15) is 0 Å². The first-order valence-corrected chi connectivity index (χ1v) is 8.93. The van der Waals surface area contributed by atoms with Crippen LogP contribution in [0.25, 0.3) is 5.65 Å². The summed E-state index contributed by atoms with van der Waals surface area (Å²) in [5.41, 5.74) is 1.83. The molecule has 1 N–H and O–H groups in total. The first-order chi connectivity index (χ1) is 12.5. The van der Waals surface area contributed by atoms with E-state index in [1.807, 2.05) is 54.8 Å². The molecule has 0 amide bonds. The van der Waals surface area contributed by atoms with Crippen molar-refractivity contribution >= 4 is 17.2 Å². The first kappa shape index (κ1) is 18.5. The number of benzene rings is 1. The summed E-state index contributed by atoms with van der Waals surface area (Å²) in [6.07, 6.45) is 1.98. The summed E-state index contributed by atoms with van der Waals surface area (Å²) in [6.45, 7) is 6.57. The Bertz CT molecular complexity index is 894. The Morgan fingerprint density at radius 3 is 2.73 bits per heavy atom. The third-order valence-corrected chi connectivity index (χ3v) is 4.26. The number of nitrogens with one attached hydrogen (secondary N) is 1. The normalized spacial score (nSPS) is 12.5. The van der Waals surface area contributed by atoms with Gasteiger partial charge in [-0.15, -0.1) is 10.2 Å². The van der Waals surface area contributed by atoms with Crippen LogP contribution in [0, 0.1) is 0 Å². The lowest BCUT2D eigenvalue weighted by molar-refractivity contribution is 0.230. The molecule has 26 heavy (non-hydrogen) atoms. The number of aromatic nitrogens is 3. The maximum Gasteiger partial charge on any atom is 0.180 e. The van der Waals surface area contributed by atoms with Crippen LogP contribution < -0.4 is 14.8 Å². The minimum Gasteiger partial charge on any atom is -0.493 e. The van der Waals surface area contributed by atoms with Gasteiger partial charge in [-0.25, -0.2) is 0 Å². The number of rotatable bonds is 7. The van der Waals surface area contributed by atoms with Crippen molar-refractivity contribution < 1.29 is 9.47 Å². The first-order valence-electron chi connectivity index (χ1n) is 8.55. The molecular formula is C19H23ClN4O2. The van der Waals surface area contributed by atoms with Crippen LogP contribution in [0.1, 0.15) is 38.2 Å². The van der Waals surface area contributed by atoms with E-state index in [1.54, 1.807) is 7.11 Å². The van der Waals surface area contributed by atoms with Crippen molar-refractivity contribution in [2.24, 2.45) is 0 Å². The molecular weight excluding hydrogens is 352 g/mol. The van der Waals surface area contributed by atoms with Crippen LogP contribution in [0.4, 0.5) is 0 Å². The number of hydrogen-bond acceptors (Lipinski definition) is 5. The Hall–Kier alpha value is -2.31. The molecule has 0 aliphatic rings. The molecule has 2 aromatic heterocycles. The van der Waals surface area contributed by atoms with Gasteiger partial charge in [0, 0.05) is 12.7 Å². The van der Waals surface area contributed by atoms with Gasteiger partial charge in [0.05, 0.1) is 24.3 Å². The smallest absolute Gasteiger partial charge is 0.180 e. The van der Waals surface area contributed by atoms with Gasteiger partial charge in [0.25, 0.3) is 0 Å². The summed E-state index contributed by atoms with van der Waals surface area (Å²) in [4.78, 5) is 0. The van der Waals surface area contributed by atoms with Crippen molar-refractivity contribution in [3.63, 3.8) is 0 Å². The van der Waals surface area contributed by atoms with Gasteiger partial charge in [-0.1, -0.05) is 17.7 Å². The fraction of sp³-hybridized carbons (Fsp3) is 0.368. The van der Waals surface area contributed by atoms with E-state index in [1.165, 1.54) is 0 Å². The fourth-order valence-corrected chi connectivity index (χ4v) is 3.02. The summed E-state index contributed by atoms with van der Waals surface area (Å²) in [5.74, 6) is 2.06. The summed E-state index contributed by atoms with van der Waals surface area (Å²) in [6, 6.07) is 9.69. The van der Waals surface area contributed by atoms with Gasteiger partial charge in [-0.05, 0) is 50.6 Å². The minimum absolute atomic E-state index is 0.0174. The molecule has 138 valence electrons. The highest BCUT2D eigenvalue weighted by Crippen LogP contribution is 2.37. The maximum atomic E-state index is 6.39. The number of ether oxygens (including phenoxy) is 2. The molecule has 0 fully saturated rings. The van der Waals surface area contributed by atoms with Crippen molar-refractivity contribution in [2.45, 2.75) is 39.5 Å². The van der Waals surface area contributed by atoms with Crippen LogP contribution in [0.5, 0.6) is 11.5 Å². The predicted octanol–water partition coefficient (Wildman–Crippen LogP) is 4.03. The summed E-state index contributed by atoms with van der Waals surface area (Å²) in [7, 11) is 1.61. The Morgan fingerprint density at radius 1 is 1.19 bits per heavy atom. The molecule has 0 saturated carbocycles. The van der Waals surface area contributed by atoms with Crippen molar-refractivity contribution in [3.05, 3.63) is 52.9 Å². The Labute approximate surface area is 158 Å². The number of methoxy groups -OCH3 is 1. The zero-order valence-corrected chi connectivity index (χ0v) is 16.1. The highest BCUT2D eigenvalue weighted by molar-refractivity contribution is 6.32. The van der Waals surface area contributed by atoms with Crippen LogP contribution in [0.2, 0.25) is 5.02 Å². The third-order valence-electron chi connectivity index (χ3n) is 3.98. The lowest BCUT2D eigenvalue weighted by Crippen LogP contribution is -2.20. The SMILES string of the molecule is COc1cc(CN[C@H](C)c2nnc3ccccn23)cc(Cl)c1OC(C)C. The molecule has 0 unspecified atom stereocenters. The van der Waals surface area contributed by atoms with E-state index in [0.717, 1.165) is 17.0 Å². The molecule has 3 rings (SSSR count). The van der Waals surface area contributed by atoms with Crippen LogP contribution >= 0.6 is 11.6 Å². The largest absolute Gasteiger partial charge is 0.493 e. The molecule has 0 aliphatic heterocycles. The van der Waals surface area contributed by atoms with E-state index in [-0.39, 0.29) is 12.1 Å². The van der Waals surface area contributed by atoms with Gasteiger partial charge >= 0.3 is 0 Å². The quantitative estimate of drug-likeness (QED) is 0.676. The Morgan fingerprint density at radius 2 is 2.00 bits per heavy atom. The van der Waals surface area contributed by atoms with E-state index in [0.29, 0.717) is 23.1 Å². The zero-order valence-electron chi connectivity index (χ0n) is 15.4. The predicted molar refractivity (Wildman–Crippen MR) is 102 cm³/mol. The molecule has 0 radical (unpaired) electrons. The van der Waals surface area contributed by atoms with Crippen molar-refractivity contribution in [1.29, 1.82) is 0 Å². The van der Waals surface area contributed by atoms with Gasteiger partial charge < -0.3 is 14.8 Å². The molecule has 0 aliphatic carbocycles. The Balaban J connectivity index is 1.76. The van der Waals surface area contributed by atoms with E-state index < -0.39 is 0 Å². The lowest BCUT2D eigenvalue weighted by Gasteiger charge is -2.17. The lowest BCUT2D eigenvalue weighted by atomic mass is 10.1. The number of hydrogen-bond donors (Lipinski definition) is 1. The fourth-order valence-electron chi connectivity index (χ4n) is 2.74. The van der Waals surface area contributed by atoms with Crippen molar-refractivity contribution in [1.82, 2.24) is 19.9 Å². The molecule has 7 heteroatoms. The maximum absolute atomic E-state index is 6.39. The number of fused-ring (bicyclic) bond motifs is 1. The van der Waals surface area contributed by atoms with Crippen LogP contribution in [-0.2, 0) is 6.54 Å². The average molecular weight is 375 g/mol. The molecule has 0 saturated heterocycles. The Kier molecular flexibility index (Phi) is 5.64. The van der Waals surface area contributed by atoms with Gasteiger partial charge in [0.2, 0.25) is 0 Å². The number of pyridine rings is 1. The highest BCUT2D eigenvalue weighted by Gasteiger charge is 2.16. The van der Waals surface area contributed by atoms with Crippen molar-refractivity contribution in [3.8, 4) is 11.5 Å². The molecule has 0 spiro atoms. The van der Waals surface area contributed by atoms with Crippen LogP contribution in [0.3, 0.4) is 0 Å². The van der Waals surface area contributed by atoms with Gasteiger partial charge in [0.15, 0.2) is 23.0 Å². The minimum atomic E-state index is 0.0174. The molecule has 0 bridgehead atoms. The second-order valence-electron chi connectivity index (χ2n) is 6.37. The molecule has 3 aromatic rings. The molecule has 2 heterocycles. The molecule has 1 atom stereocenters. The third kappa shape index (κ3) is 3.92. The van der Waals surface area contributed by atoms with E-state index >= 15 is 0 Å². The number of nitrogens with zero attached hydrogens (tertiary/aromatic N) is 3.